The fourth-order valence-electron chi connectivity index (χ4n) is 3.05. The number of aryl methyl sites for hydroxylation is 3. The van der Waals surface area contributed by atoms with Crippen LogP contribution in [0.1, 0.15) is 23.9 Å². The van der Waals surface area contributed by atoms with Crippen molar-refractivity contribution in [3.05, 3.63) is 47.4 Å². The van der Waals surface area contributed by atoms with Gasteiger partial charge in [0.25, 0.3) is 0 Å². The summed E-state index contributed by atoms with van der Waals surface area (Å²) in [5.74, 6) is 1.80. The smallest absolute Gasteiger partial charge is 0.244 e. The zero-order valence-corrected chi connectivity index (χ0v) is 18.3. The average Bonchev–Trinajstić information content (AvgIpc) is 3.00. The number of hydrogen-bond acceptors (Lipinski definition) is 8. The van der Waals surface area contributed by atoms with Gasteiger partial charge in [-0.25, -0.2) is 18.1 Å². The summed E-state index contributed by atoms with van der Waals surface area (Å²) in [5.41, 5.74) is 2.22. The molecule has 0 radical (unpaired) electrons. The molecule has 3 aromatic heterocycles. The Labute approximate surface area is 176 Å². The molecule has 0 aliphatic carbocycles. The lowest BCUT2D eigenvalue weighted by atomic mass is 10.3. The van der Waals surface area contributed by atoms with Crippen molar-refractivity contribution in [2.45, 2.75) is 39.1 Å². The highest BCUT2D eigenvalue weighted by Crippen LogP contribution is 2.19. The van der Waals surface area contributed by atoms with Crippen LogP contribution < -0.4 is 15.4 Å². The van der Waals surface area contributed by atoms with E-state index in [2.05, 4.69) is 35.6 Å². The molecular formula is C19H26N8O2S. The lowest BCUT2D eigenvalue weighted by Crippen LogP contribution is -2.29. The van der Waals surface area contributed by atoms with Crippen LogP contribution in [0.3, 0.4) is 0 Å². The predicted octanol–water partition coefficient (Wildman–Crippen LogP) is 2.15. The molecule has 160 valence electrons. The molecule has 0 saturated heterocycles. The van der Waals surface area contributed by atoms with E-state index in [0.717, 1.165) is 5.56 Å². The number of aromatic nitrogens is 5. The number of sulfonamides is 1. The summed E-state index contributed by atoms with van der Waals surface area (Å²) >= 11 is 0. The first-order valence-electron chi connectivity index (χ1n) is 9.61. The van der Waals surface area contributed by atoms with E-state index in [4.69, 9.17) is 0 Å². The summed E-state index contributed by atoms with van der Waals surface area (Å²) in [4.78, 5) is 4.46. The highest BCUT2D eigenvalue weighted by Gasteiger charge is 2.23. The quantitative estimate of drug-likeness (QED) is 0.441. The number of nitrogens with zero attached hydrogens (tertiary/aromatic N) is 5. The summed E-state index contributed by atoms with van der Waals surface area (Å²) < 4.78 is 29.5. The molecule has 3 heterocycles. The molecule has 11 heteroatoms. The standard InChI is InChI=1S/C19H26N8O2S/c1-5-27-15(4)19(14(3)26-27)30(28,29)22-11-10-21-16-6-7-17(25-24-16)23-18-12-13(2)8-9-20-18/h6-9,12,22H,5,10-11H2,1-4H3,(H,21,24)(H,20,23,25). The highest BCUT2D eigenvalue weighted by atomic mass is 32.2. The first-order valence-corrected chi connectivity index (χ1v) is 11.1. The molecule has 0 aromatic carbocycles. The lowest BCUT2D eigenvalue weighted by molar-refractivity contribution is 0.580. The topological polar surface area (TPSA) is 127 Å². The number of hydrogen-bond donors (Lipinski definition) is 3. The summed E-state index contributed by atoms with van der Waals surface area (Å²) in [6, 6.07) is 7.36. The monoisotopic (exact) mass is 430 g/mol. The Kier molecular flexibility index (Phi) is 6.63. The fraction of sp³-hybridized carbons (Fsp3) is 0.368. The number of anilines is 3. The average molecular weight is 431 g/mol. The van der Waals surface area contributed by atoms with E-state index < -0.39 is 10.0 Å². The molecule has 3 aromatic rings. The van der Waals surface area contributed by atoms with Crippen molar-refractivity contribution in [2.75, 3.05) is 23.7 Å². The predicted molar refractivity (Wildman–Crippen MR) is 115 cm³/mol. The van der Waals surface area contributed by atoms with Gasteiger partial charge >= 0.3 is 0 Å². The zero-order chi connectivity index (χ0) is 21.7. The van der Waals surface area contributed by atoms with E-state index in [-0.39, 0.29) is 11.4 Å². The summed E-state index contributed by atoms with van der Waals surface area (Å²) in [6.45, 7) is 8.54. The zero-order valence-electron chi connectivity index (χ0n) is 17.5. The first-order chi connectivity index (χ1) is 14.3. The van der Waals surface area contributed by atoms with Crippen molar-refractivity contribution in [1.82, 2.24) is 29.7 Å². The fourth-order valence-corrected chi connectivity index (χ4v) is 4.49. The maximum Gasteiger partial charge on any atom is 0.244 e. The van der Waals surface area contributed by atoms with Gasteiger partial charge in [0.15, 0.2) is 5.82 Å². The Hall–Kier alpha value is -3.05. The highest BCUT2D eigenvalue weighted by molar-refractivity contribution is 7.89. The van der Waals surface area contributed by atoms with E-state index in [0.29, 0.717) is 41.9 Å². The van der Waals surface area contributed by atoms with Crippen molar-refractivity contribution in [3.8, 4) is 0 Å². The Balaban J connectivity index is 1.52. The Morgan fingerprint density at radius 3 is 2.37 bits per heavy atom. The van der Waals surface area contributed by atoms with Crippen LogP contribution in [0.25, 0.3) is 0 Å². The van der Waals surface area contributed by atoms with Crippen LogP contribution in [0.15, 0.2) is 35.4 Å². The third-order valence-electron chi connectivity index (χ3n) is 4.44. The van der Waals surface area contributed by atoms with Crippen LogP contribution >= 0.6 is 0 Å². The van der Waals surface area contributed by atoms with E-state index >= 15 is 0 Å². The van der Waals surface area contributed by atoms with Gasteiger partial charge in [0.05, 0.1) is 11.4 Å². The van der Waals surface area contributed by atoms with Gasteiger partial charge in [-0.15, -0.1) is 10.2 Å². The molecule has 0 atom stereocenters. The minimum atomic E-state index is -3.64. The second-order valence-electron chi connectivity index (χ2n) is 6.79. The first kappa shape index (κ1) is 21.7. The van der Waals surface area contributed by atoms with Gasteiger partial charge in [-0.05, 0) is 57.5 Å². The van der Waals surface area contributed by atoms with Crippen molar-refractivity contribution in [1.29, 1.82) is 0 Å². The SMILES string of the molecule is CCn1nc(C)c(S(=O)(=O)NCCNc2ccc(Nc3cc(C)ccn3)nn2)c1C. The second-order valence-corrected chi connectivity index (χ2v) is 8.49. The van der Waals surface area contributed by atoms with Crippen LogP contribution in [-0.4, -0.2) is 46.5 Å². The van der Waals surface area contributed by atoms with Gasteiger partial charge in [-0.3, -0.25) is 4.68 Å². The normalized spacial score (nSPS) is 11.5. The third-order valence-corrected chi connectivity index (χ3v) is 6.16. The van der Waals surface area contributed by atoms with Crippen molar-refractivity contribution in [2.24, 2.45) is 0 Å². The molecule has 0 saturated carbocycles. The van der Waals surface area contributed by atoms with E-state index in [1.807, 2.05) is 26.0 Å². The van der Waals surface area contributed by atoms with Gasteiger partial charge in [-0.2, -0.15) is 5.10 Å². The van der Waals surface area contributed by atoms with Crippen LogP contribution in [0.2, 0.25) is 0 Å². The largest absolute Gasteiger partial charge is 0.367 e. The molecule has 0 fully saturated rings. The molecule has 0 aliphatic heterocycles. The van der Waals surface area contributed by atoms with E-state index in [9.17, 15) is 8.42 Å². The number of pyridine rings is 1. The molecule has 0 spiro atoms. The van der Waals surface area contributed by atoms with Crippen LogP contribution in [0, 0.1) is 20.8 Å². The molecule has 0 bridgehead atoms. The van der Waals surface area contributed by atoms with Crippen molar-refractivity contribution >= 4 is 27.5 Å². The summed E-state index contributed by atoms with van der Waals surface area (Å²) in [5, 5.41) is 18.6. The lowest BCUT2D eigenvalue weighted by Gasteiger charge is -2.09. The summed E-state index contributed by atoms with van der Waals surface area (Å²) in [6.07, 6.45) is 1.72. The maximum absolute atomic E-state index is 12.6. The maximum atomic E-state index is 12.6. The van der Waals surface area contributed by atoms with Crippen LogP contribution in [-0.2, 0) is 16.6 Å². The summed E-state index contributed by atoms with van der Waals surface area (Å²) in [7, 11) is -3.64. The van der Waals surface area contributed by atoms with Crippen LogP contribution in [0.4, 0.5) is 17.5 Å². The van der Waals surface area contributed by atoms with E-state index in [1.54, 1.807) is 36.9 Å². The second kappa shape index (κ2) is 9.18. The number of rotatable bonds is 9. The molecule has 0 aliphatic rings. The van der Waals surface area contributed by atoms with Crippen molar-refractivity contribution < 1.29 is 8.42 Å². The Morgan fingerprint density at radius 1 is 1.00 bits per heavy atom. The number of nitrogens with one attached hydrogen (secondary N) is 3. The van der Waals surface area contributed by atoms with Gasteiger partial charge in [-0.1, -0.05) is 0 Å². The third kappa shape index (κ3) is 5.10. The minimum absolute atomic E-state index is 0.202. The van der Waals surface area contributed by atoms with Gasteiger partial charge in [0, 0.05) is 25.8 Å². The van der Waals surface area contributed by atoms with Gasteiger partial charge in [0.1, 0.15) is 16.5 Å². The molecule has 0 amide bonds. The van der Waals surface area contributed by atoms with Gasteiger partial charge in [0.2, 0.25) is 10.0 Å². The molecule has 0 unspecified atom stereocenters. The minimum Gasteiger partial charge on any atom is -0.367 e. The Bertz CT molecular complexity index is 1110. The van der Waals surface area contributed by atoms with Crippen LogP contribution in [0.5, 0.6) is 0 Å². The Morgan fingerprint density at radius 2 is 1.73 bits per heavy atom. The molecular weight excluding hydrogens is 404 g/mol. The molecule has 10 nitrogen and oxygen atoms in total. The molecule has 3 rings (SSSR count). The molecule has 3 N–H and O–H groups in total. The van der Waals surface area contributed by atoms with Gasteiger partial charge < -0.3 is 10.6 Å². The van der Waals surface area contributed by atoms with E-state index in [1.165, 1.54) is 0 Å². The molecule has 30 heavy (non-hydrogen) atoms. The van der Waals surface area contributed by atoms with Crippen molar-refractivity contribution in [3.63, 3.8) is 0 Å².